The Morgan fingerprint density at radius 1 is 1.32 bits per heavy atom. The Kier molecular flexibility index (Phi) is 5.60. The van der Waals surface area contributed by atoms with Crippen molar-refractivity contribution in [2.75, 3.05) is 16.4 Å². The Balaban J connectivity index is 1.55. The molecule has 2 aromatic rings. The number of hydrogen-bond acceptors (Lipinski definition) is 3. The molecule has 1 heterocycles. The molecule has 0 radical (unpaired) electrons. The highest BCUT2D eigenvalue weighted by molar-refractivity contribution is 8.01. The van der Waals surface area contributed by atoms with Crippen LogP contribution in [0.3, 0.4) is 0 Å². The molecule has 1 aliphatic rings. The third kappa shape index (κ3) is 4.52. The highest BCUT2D eigenvalue weighted by Crippen LogP contribution is 2.27. The van der Waals surface area contributed by atoms with Crippen molar-refractivity contribution in [2.24, 2.45) is 0 Å². The number of aryl methyl sites for hydroxylation is 1. The molecule has 2 N–H and O–H groups in total. The van der Waals surface area contributed by atoms with Gasteiger partial charge in [0.05, 0.1) is 16.0 Å². The quantitative estimate of drug-likeness (QED) is 0.841. The molecule has 1 atom stereocenters. The fourth-order valence-electron chi connectivity index (χ4n) is 2.60. The summed E-state index contributed by atoms with van der Waals surface area (Å²) in [7, 11) is 0. The second-order valence-electron chi connectivity index (χ2n) is 5.66. The lowest BCUT2D eigenvalue weighted by Gasteiger charge is -2.13. The number of anilines is 2. The molecule has 7 heteroatoms. The fraction of sp³-hybridized carbons (Fsp3) is 0.222. The van der Waals surface area contributed by atoms with Crippen molar-refractivity contribution in [2.45, 2.75) is 18.1 Å². The molecule has 0 saturated carbocycles. The normalized spacial score (nSPS) is 16.6. The number of thioether (sulfide) groups is 1. The van der Waals surface area contributed by atoms with Gasteiger partial charge in [-0.15, -0.1) is 11.8 Å². The zero-order valence-electron chi connectivity index (χ0n) is 13.2. The third-order valence-electron chi connectivity index (χ3n) is 3.86. The maximum atomic E-state index is 13.1. The lowest BCUT2D eigenvalue weighted by molar-refractivity contribution is -0.115. The van der Waals surface area contributed by atoms with Gasteiger partial charge in [0.1, 0.15) is 5.82 Å². The average Bonchev–Trinajstić information content (AvgIpc) is 2.75. The SMILES string of the molecule is O=C(CSC1CCc2ccccc2NC1=O)Nc1ccc(F)c(Cl)c1. The molecule has 0 bridgehead atoms. The molecule has 3 rings (SSSR count). The van der Waals surface area contributed by atoms with Crippen LogP contribution in [-0.4, -0.2) is 22.8 Å². The number of nitrogens with one attached hydrogen (secondary N) is 2. The Hall–Kier alpha value is -2.05. The minimum atomic E-state index is -0.538. The topological polar surface area (TPSA) is 58.2 Å². The van der Waals surface area contributed by atoms with Crippen LogP contribution in [0.4, 0.5) is 15.8 Å². The molecule has 4 nitrogen and oxygen atoms in total. The second kappa shape index (κ2) is 7.89. The van der Waals surface area contributed by atoms with Crippen molar-refractivity contribution >= 4 is 46.6 Å². The highest BCUT2D eigenvalue weighted by atomic mass is 35.5. The van der Waals surface area contributed by atoms with Gasteiger partial charge in [-0.1, -0.05) is 29.8 Å². The van der Waals surface area contributed by atoms with E-state index in [1.165, 1.54) is 30.0 Å². The summed E-state index contributed by atoms with van der Waals surface area (Å²) in [6.45, 7) is 0. The molecule has 1 aliphatic heterocycles. The molecule has 130 valence electrons. The van der Waals surface area contributed by atoms with E-state index in [-0.39, 0.29) is 27.8 Å². The first-order valence-electron chi connectivity index (χ1n) is 7.78. The van der Waals surface area contributed by atoms with Crippen LogP contribution in [0.1, 0.15) is 12.0 Å². The van der Waals surface area contributed by atoms with Gasteiger partial charge in [-0.2, -0.15) is 0 Å². The number of rotatable bonds is 4. The predicted octanol–water partition coefficient (Wildman–Crippen LogP) is 4.10. The van der Waals surface area contributed by atoms with Crippen molar-refractivity contribution in [3.8, 4) is 0 Å². The van der Waals surface area contributed by atoms with Crippen molar-refractivity contribution in [3.05, 3.63) is 58.9 Å². The Morgan fingerprint density at radius 2 is 2.12 bits per heavy atom. The van der Waals surface area contributed by atoms with Gasteiger partial charge in [-0.05, 0) is 42.7 Å². The molecular weight excluding hydrogens is 363 g/mol. The summed E-state index contributed by atoms with van der Waals surface area (Å²) in [6.07, 6.45) is 1.45. The van der Waals surface area contributed by atoms with E-state index in [1.54, 1.807) is 0 Å². The number of carbonyl (C=O) groups is 2. The average molecular weight is 379 g/mol. The number of carbonyl (C=O) groups excluding carboxylic acids is 2. The first-order valence-corrected chi connectivity index (χ1v) is 9.21. The van der Waals surface area contributed by atoms with Crippen LogP contribution in [0, 0.1) is 5.82 Å². The molecule has 0 aliphatic carbocycles. The van der Waals surface area contributed by atoms with E-state index in [0.29, 0.717) is 12.1 Å². The van der Waals surface area contributed by atoms with E-state index < -0.39 is 5.82 Å². The summed E-state index contributed by atoms with van der Waals surface area (Å²) >= 11 is 6.99. The van der Waals surface area contributed by atoms with Gasteiger partial charge < -0.3 is 10.6 Å². The van der Waals surface area contributed by atoms with Gasteiger partial charge in [-0.25, -0.2) is 4.39 Å². The zero-order chi connectivity index (χ0) is 17.8. The maximum absolute atomic E-state index is 13.1. The third-order valence-corrected chi connectivity index (χ3v) is 5.43. The van der Waals surface area contributed by atoms with Crippen molar-refractivity contribution < 1.29 is 14.0 Å². The van der Waals surface area contributed by atoms with Gasteiger partial charge in [0.25, 0.3) is 0 Å². The fourth-order valence-corrected chi connectivity index (χ4v) is 3.70. The number of hydrogen-bond donors (Lipinski definition) is 2. The van der Waals surface area contributed by atoms with Crippen LogP contribution in [0.15, 0.2) is 42.5 Å². The van der Waals surface area contributed by atoms with Crippen LogP contribution in [-0.2, 0) is 16.0 Å². The van der Waals surface area contributed by atoms with Gasteiger partial charge in [0, 0.05) is 11.4 Å². The summed E-state index contributed by atoms with van der Waals surface area (Å²) in [5, 5.41) is 5.22. The largest absolute Gasteiger partial charge is 0.325 e. The number of para-hydroxylation sites is 1. The van der Waals surface area contributed by atoms with Crippen molar-refractivity contribution in [3.63, 3.8) is 0 Å². The van der Waals surface area contributed by atoms with E-state index in [4.69, 9.17) is 11.6 Å². The molecule has 0 saturated heterocycles. The molecule has 1 unspecified atom stereocenters. The summed E-state index contributed by atoms with van der Waals surface area (Å²) < 4.78 is 13.1. The van der Waals surface area contributed by atoms with Crippen LogP contribution in [0.2, 0.25) is 5.02 Å². The lowest BCUT2D eigenvalue weighted by Crippen LogP contribution is -2.26. The van der Waals surface area contributed by atoms with E-state index >= 15 is 0 Å². The maximum Gasteiger partial charge on any atom is 0.237 e. The minimum absolute atomic E-state index is 0.0497. The van der Waals surface area contributed by atoms with E-state index in [2.05, 4.69) is 10.6 Å². The molecular formula is C18H16ClFN2O2S. The number of fused-ring (bicyclic) bond motifs is 1. The highest BCUT2D eigenvalue weighted by Gasteiger charge is 2.24. The number of benzene rings is 2. The smallest absolute Gasteiger partial charge is 0.237 e. The standard InChI is InChI=1S/C18H16ClFN2O2S/c19-13-9-12(6-7-14(13)20)21-17(23)10-25-16-8-5-11-3-1-2-4-15(11)22-18(16)24/h1-4,6-7,9,16H,5,8,10H2,(H,21,23)(H,22,24). The predicted molar refractivity (Wildman–Crippen MR) is 99.7 cm³/mol. The zero-order valence-corrected chi connectivity index (χ0v) is 14.8. The Morgan fingerprint density at radius 3 is 2.92 bits per heavy atom. The summed E-state index contributed by atoms with van der Waals surface area (Å²) in [5.41, 5.74) is 2.36. The first kappa shape index (κ1) is 17.8. The Bertz CT molecular complexity index is 815. The van der Waals surface area contributed by atoms with Crippen LogP contribution in [0.5, 0.6) is 0 Å². The summed E-state index contributed by atoms with van der Waals surface area (Å²) in [6, 6.07) is 11.7. The van der Waals surface area contributed by atoms with Crippen LogP contribution in [0.25, 0.3) is 0 Å². The second-order valence-corrected chi connectivity index (χ2v) is 7.26. The van der Waals surface area contributed by atoms with Gasteiger partial charge in [0.15, 0.2) is 0 Å². The van der Waals surface area contributed by atoms with Gasteiger partial charge >= 0.3 is 0 Å². The lowest BCUT2D eigenvalue weighted by atomic mass is 10.1. The molecule has 25 heavy (non-hydrogen) atoms. The van der Waals surface area contributed by atoms with E-state index in [9.17, 15) is 14.0 Å². The number of amides is 2. The Labute approximate surface area is 154 Å². The van der Waals surface area contributed by atoms with Crippen molar-refractivity contribution in [1.82, 2.24) is 0 Å². The van der Waals surface area contributed by atoms with Crippen LogP contribution < -0.4 is 10.6 Å². The molecule has 0 fully saturated rings. The van der Waals surface area contributed by atoms with Gasteiger partial charge in [0.2, 0.25) is 11.8 Å². The van der Waals surface area contributed by atoms with E-state index in [1.807, 2.05) is 24.3 Å². The first-order chi connectivity index (χ1) is 12.0. The molecule has 2 aromatic carbocycles. The summed E-state index contributed by atoms with van der Waals surface area (Å²) in [5.74, 6) is -0.762. The molecule has 2 amide bonds. The summed E-state index contributed by atoms with van der Waals surface area (Å²) in [4.78, 5) is 24.4. The molecule has 0 spiro atoms. The molecule has 0 aromatic heterocycles. The van der Waals surface area contributed by atoms with E-state index in [0.717, 1.165) is 17.7 Å². The van der Waals surface area contributed by atoms with Crippen molar-refractivity contribution in [1.29, 1.82) is 0 Å². The minimum Gasteiger partial charge on any atom is -0.325 e. The monoisotopic (exact) mass is 378 g/mol. The van der Waals surface area contributed by atoms with Gasteiger partial charge in [-0.3, -0.25) is 9.59 Å². The van der Waals surface area contributed by atoms with Crippen LogP contribution >= 0.6 is 23.4 Å². The number of halogens is 2.